The molecule has 15 heavy (non-hydrogen) atoms. The smallest absolute Gasteiger partial charge is 0.239 e. The summed E-state index contributed by atoms with van der Waals surface area (Å²) < 4.78 is 1.82. The van der Waals surface area contributed by atoms with E-state index in [1.54, 1.807) is 13.2 Å². The number of aromatic nitrogens is 2. The van der Waals surface area contributed by atoms with Crippen LogP contribution in [0.5, 0.6) is 0 Å². The maximum Gasteiger partial charge on any atom is 0.239 e. The summed E-state index contributed by atoms with van der Waals surface area (Å²) in [6.07, 6.45) is 3.88. The molecule has 0 radical (unpaired) electrons. The molecule has 2 N–H and O–H groups in total. The third-order valence-electron chi connectivity index (χ3n) is 2.04. The SMILES string of the molecule is CCCCn1nccc1NC(=O)CNC. The van der Waals surface area contributed by atoms with E-state index in [0.29, 0.717) is 6.54 Å². The molecule has 0 bridgehead atoms. The second-order valence-electron chi connectivity index (χ2n) is 3.37. The molecule has 0 fully saturated rings. The Hall–Kier alpha value is -1.36. The molecule has 0 saturated heterocycles. The molecule has 1 aromatic rings. The second kappa shape index (κ2) is 6.19. The second-order valence-corrected chi connectivity index (χ2v) is 3.37. The molecule has 1 aromatic heterocycles. The fourth-order valence-electron chi connectivity index (χ4n) is 1.27. The lowest BCUT2D eigenvalue weighted by atomic mass is 10.3. The van der Waals surface area contributed by atoms with Crippen molar-refractivity contribution in [2.45, 2.75) is 26.3 Å². The van der Waals surface area contributed by atoms with Gasteiger partial charge in [-0.2, -0.15) is 5.10 Å². The van der Waals surface area contributed by atoms with Gasteiger partial charge in [0.2, 0.25) is 5.91 Å². The van der Waals surface area contributed by atoms with Crippen molar-refractivity contribution < 1.29 is 4.79 Å². The lowest BCUT2D eigenvalue weighted by molar-refractivity contribution is -0.115. The number of unbranched alkanes of at least 4 members (excludes halogenated alkanes) is 1. The van der Waals surface area contributed by atoms with Crippen LogP contribution in [0.1, 0.15) is 19.8 Å². The Labute approximate surface area is 89.9 Å². The van der Waals surface area contributed by atoms with Gasteiger partial charge >= 0.3 is 0 Å². The van der Waals surface area contributed by atoms with E-state index in [4.69, 9.17) is 0 Å². The molecule has 0 spiro atoms. The zero-order chi connectivity index (χ0) is 11.1. The summed E-state index contributed by atoms with van der Waals surface area (Å²) in [4.78, 5) is 11.3. The summed E-state index contributed by atoms with van der Waals surface area (Å²) in [7, 11) is 1.74. The van der Waals surface area contributed by atoms with Crippen LogP contribution in [-0.4, -0.2) is 29.3 Å². The molecule has 0 unspecified atom stereocenters. The molecule has 1 heterocycles. The maximum absolute atomic E-state index is 11.3. The van der Waals surface area contributed by atoms with Gasteiger partial charge in [0.15, 0.2) is 0 Å². The number of carbonyl (C=O) groups excluding carboxylic acids is 1. The lowest BCUT2D eigenvalue weighted by Gasteiger charge is -2.07. The molecule has 0 aliphatic rings. The highest BCUT2D eigenvalue weighted by Gasteiger charge is 2.05. The number of amides is 1. The van der Waals surface area contributed by atoms with E-state index in [1.807, 2.05) is 10.7 Å². The first kappa shape index (κ1) is 11.7. The molecular formula is C10H18N4O. The number of carbonyl (C=O) groups is 1. The van der Waals surface area contributed by atoms with E-state index >= 15 is 0 Å². The van der Waals surface area contributed by atoms with Crippen molar-refractivity contribution in [1.29, 1.82) is 0 Å². The van der Waals surface area contributed by atoms with Crippen LogP contribution in [-0.2, 0) is 11.3 Å². The largest absolute Gasteiger partial charge is 0.311 e. The summed E-state index contributed by atoms with van der Waals surface area (Å²) in [6, 6.07) is 1.81. The minimum Gasteiger partial charge on any atom is -0.311 e. The van der Waals surface area contributed by atoms with Crippen LogP contribution in [0.25, 0.3) is 0 Å². The lowest BCUT2D eigenvalue weighted by Crippen LogP contribution is -2.26. The highest BCUT2D eigenvalue weighted by Crippen LogP contribution is 2.07. The number of nitrogens with one attached hydrogen (secondary N) is 2. The van der Waals surface area contributed by atoms with Crippen LogP contribution < -0.4 is 10.6 Å². The van der Waals surface area contributed by atoms with Crippen molar-refractivity contribution in [1.82, 2.24) is 15.1 Å². The predicted molar refractivity (Wildman–Crippen MR) is 59.7 cm³/mol. The van der Waals surface area contributed by atoms with Gasteiger partial charge in [-0.15, -0.1) is 0 Å². The van der Waals surface area contributed by atoms with Crippen LogP contribution in [0.15, 0.2) is 12.3 Å². The fourth-order valence-corrected chi connectivity index (χ4v) is 1.27. The molecule has 1 amide bonds. The Morgan fingerprint density at radius 3 is 3.07 bits per heavy atom. The predicted octanol–water partition coefficient (Wildman–Crippen LogP) is 0.841. The Morgan fingerprint density at radius 2 is 2.40 bits per heavy atom. The van der Waals surface area contributed by atoms with Crippen molar-refractivity contribution >= 4 is 11.7 Å². The third kappa shape index (κ3) is 3.71. The van der Waals surface area contributed by atoms with E-state index in [9.17, 15) is 4.79 Å². The molecule has 0 aliphatic heterocycles. The molecule has 1 rings (SSSR count). The number of hydrogen-bond acceptors (Lipinski definition) is 3. The number of likely N-dealkylation sites (N-methyl/N-ethyl adjacent to an activating group) is 1. The van der Waals surface area contributed by atoms with Crippen molar-refractivity contribution in [2.75, 3.05) is 18.9 Å². The molecule has 84 valence electrons. The standard InChI is InChI=1S/C10H18N4O/c1-3-4-7-14-9(5-6-12-14)13-10(15)8-11-2/h5-6,11H,3-4,7-8H2,1-2H3,(H,13,15). The Bertz CT molecular complexity index is 308. The minimum absolute atomic E-state index is 0.0456. The van der Waals surface area contributed by atoms with Gasteiger partial charge < -0.3 is 10.6 Å². The van der Waals surface area contributed by atoms with Gasteiger partial charge in [-0.1, -0.05) is 13.3 Å². The zero-order valence-electron chi connectivity index (χ0n) is 9.29. The molecule has 5 nitrogen and oxygen atoms in total. The number of nitrogens with zero attached hydrogens (tertiary/aromatic N) is 2. The highest BCUT2D eigenvalue weighted by atomic mass is 16.2. The number of rotatable bonds is 6. The molecule has 0 aromatic carbocycles. The van der Waals surface area contributed by atoms with Crippen molar-refractivity contribution in [3.63, 3.8) is 0 Å². The van der Waals surface area contributed by atoms with Crippen LogP contribution in [0.4, 0.5) is 5.82 Å². The number of hydrogen-bond donors (Lipinski definition) is 2. The molecular weight excluding hydrogens is 192 g/mol. The summed E-state index contributed by atoms with van der Waals surface area (Å²) in [6.45, 7) is 3.29. The first-order valence-corrected chi connectivity index (χ1v) is 5.24. The third-order valence-corrected chi connectivity index (χ3v) is 2.04. The normalized spacial score (nSPS) is 10.3. The Kier molecular flexibility index (Phi) is 4.83. The summed E-state index contributed by atoms with van der Waals surface area (Å²) in [5, 5.41) is 9.75. The van der Waals surface area contributed by atoms with Crippen molar-refractivity contribution in [2.24, 2.45) is 0 Å². The quantitative estimate of drug-likeness (QED) is 0.731. The van der Waals surface area contributed by atoms with Crippen molar-refractivity contribution in [3.8, 4) is 0 Å². The summed E-state index contributed by atoms with van der Waals surface area (Å²) >= 11 is 0. The molecule has 0 aliphatic carbocycles. The maximum atomic E-state index is 11.3. The van der Waals surface area contributed by atoms with Gasteiger partial charge in [-0.3, -0.25) is 4.79 Å². The first-order valence-electron chi connectivity index (χ1n) is 5.24. The van der Waals surface area contributed by atoms with Gasteiger partial charge in [0, 0.05) is 12.6 Å². The van der Waals surface area contributed by atoms with Crippen LogP contribution >= 0.6 is 0 Å². The minimum atomic E-state index is -0.0456. The van der Waals surface area contributed by atoms with Crippen molar-refractivity contribution in [3.05, 3.63) is 12.3 Å². The molecule has 0 saturated carbocycles. The zero-order valence-corrected chi connectivity index (χ0v) is 9.29. The first-order chi connectivity index (χ1) is 7.27. The molecule has 5 heteroatoms. The van der Waals surface area contributed by atoms with Gasteiger partial charge in [0.1, 0.15) is 5.82 Å². The number of aryl methyl sites for hydroxylation is 1. The van der Waals surface area contributed by atoms with E-state index in [2.05, 4.69) is 22.7 Å². The van der Waals surface area contributed by atoms with Crippen LogP contribution in [0.3, 0.4) is 0 Å². The van der Waals surface area contributed by atoms with E-state index in [1.165, 1.54) is 0 Å². The molecule has 0 atom stereocenters. The van der Waals surface area contributed by atoms with Gasteiger partial charge in [0.25, 0.3) is 0 Å². The van der Waals surface area contributed by atoms with E-state index < -0.39 is 0 Å². The van der Waals surface area contributed by atoms with Gasteiger partial charge in [-0.05, 0) is 13.5 Å². The van der Waals surface area contributed by atoms with Gasteiger partial charge in [-0.25, -0.2) is 4.68 Å². The number of anilines is 1. The summed E-state index contributed by atoms with van der Waals surface area (Å²) in [5.74, 6) is 0.722. The highest BCUT2D eigenvalue weighted by molar-refractivity contribution is 5.91. The summed E-state index contributed by atoms with van der Waals surface area (Å²) in [5.41, 5.74) is 0. The van der Waals surface area contributed by atoms with E-state index in [-0.39, 0.29) is 5.91 Å². The Balaban J connectivity index is 2.52. The van der Waals surface area contributed by atoms with E-state index in [0.717, 1.165) is 25.2 Å². The average Bonchev–Trinajstić information content (AvgIpc) is 2.63. The van der Waals surface area contributed by atoms with Crippen LogP contribution in [0.2, 0.25) is 0 Å². The average molecular weight is 210 g/mol. The van der Waals surface area contributed by atoms with Gasteiger partial charge in [0.05, 0.1) is 12.7 Å². The topological polar surface area (TPSA) is 59.0 Å². The monoisotopic (exact) mass is 210 g/mol. The fraction of sp³-hybridized carbons (Fsp3) is 0.600. The van der Waals surface area contributed by atoms with Crippen LogP contribution in [0, 0.1) is 0 Å². The Morgan fingerprint density at radius 1 is 1.60 bits per heavy atom.